The largest absolute Gasteiger partial charge is 0.496 e. The zero-order valence-corrected chi connectivity index (χ0v) is 14.3. The first-order valence-electron chi connectivity index (χ1n) is 7.30. The van der Waals surface area contributed by atoms with E-state index in [2.05, 4.69) is 5.32 Å². The van der Waals surface area contributed by atoms with Crippen LogP contribution in [0.4, 0.5) is 0 Å². The van der Waals surface area contributed by atoms with Gasteiger partial charge in [0.1, 0.15) is 5.75 Å². The second kappa shape index (κ2) is 7.40. The SMILES string of the molecule is COc1ccc(C(C)=O)cc1CN(C)CC(=O)NC(C)(C)C. The molecule has 0 saturated carbocycles. The summed E-state index contributed by atoms with van der Waals surface area (Å²) in [7, 11) is 3.46. The number of hydrogen-bond donors (Lipinski definition) is 1. The number of nitrogens with zero attached hydrogens (tertiary/aromatic N) is 1. The molecule has 1 aromatic carbocycles. The molecule has 0 aromatic heterocycles. The van der Waals surface area contributed by atoms with Gasteiger partial charge in [0, 0.05) is 23.2 Å². The lowest BCUT2D eigenvalue weighted by Gasteiger charge is -2.23. The second-order valence-corrected chi connectivity index (χ2v) is 6.55. The Bertz CT molecular complexity index is 547. The number of methoxy groups -OCH3 is 1. The highest BCUT2D eigenvalue weighted by Crippen LogP contribution is 2.21. The van der Waals surface area contributed by atoms with Gasteiger partial charge in [0.15, 0.2) is 5.78 Å². The Morgan fingerprint density at radius 3 is 2.41 bits per heavy atom. The van der Waals surface area contributed by atoms with Crippen molar-refractivity contribution in [3.05, 3.63) is 29.3 Å². The molecule has 1 rings (SSSR count). The molecule has 0 heterocycles. The Morgan fingerprint density at radius 1 is 1.27 bits per heavy atom. The van der Waals surface area contributed by atoms with Crippen LogP contribution in [0.5, 0.6) is 5.75 Å². The second-order valence-electron chi connectivity index (χ2n) is 6.55. The van der Waals surface area contributed by atoms with Gasteiger partial charge < -0.3 is 10.1 Å². The molecule has 5 nitrogen and oxygen atoms in total. The third-order valence-electron chi connectivity index (χ3n) is 3.06. The quantitative estimate of drug-likeness (QED) is 0.819. The molecule has 0 atom stereocenters. The number of nitrogens with one attached hydrogen (secondary N) is 1. The number of Topliss-reactive ketones (excluding diaryl/α,β-unsaturated/α-hetero) is 1. The summed E-state index contributed by atoms with van der Waals surface area (Å²) in [6.45, 7) is 8.19. The Morgan fingerprint density at radius 2 is 1.91 bits per heavy atom. The first-order chi connectivity index (χ1) is 10.1. The lowest BCUT2D eigenvalue weighted by Crippen LogP contribution is -2.45. The van der Waals surface area contributed by atoms with Gasteiger partial charge in [0.05, 0.1) is 13.7 Å². The molecule has 0 aliphatic rings. The molecule has 1 amide bonds. The van der Waals surface area contributed by atoms with Crippen molar-refractivity contribution in [1.29, 1.82) is 0 Å². The number of ketones is 1. The predicted octanol–water partition coefficient (Wildman–Crippen LogP) is 2.24. The van der Waals surface area contributed by atoms with E-state index in [9.17, 15) is 9.59 Å². The van der Waals surface area contributed by atoms with Gasteiger partial charge in [-0.05, 0) is 52.9 Å². The lowest BCUT2D eigenvalue weighted by atomic mass is 10.1. The number of ether oxygens (including phenoxy) is 1. The van der Waals surface area contributed by atoms with Gasteiger partial charge in [0.25, 0.3) is 0 Å². The average molecular weight is 306 g/mol. The molecular formula is C17H26N2O3. The van der Waals surface area contributed by atoms with E-state index in [4.69, 9.17) is 4.74 Å². The number of amides is 1. The summed E-state index contributed by atoms with van der Waals surface area (Å²) < 4.78 is 5.33. The van der Waals surface area contributed by atoms with E-state index in [0.29, 0.717) is 17.9 Å². The van der Waals surface area contributed by atoms with E-state index in [-0.39, 0.29) is 23.8 Å². The number of benzene rings is 1. The Balaban J connectivity index is 2.78. The highest BCUT2D eigenvalue weighted by Gasteiger charge is 2.16. The van der Waals surface area contributed by atoms with Crippen LogP contribution in [-0.2, 0) is 11.3 Å². The molecule has 0 spiro atoms. The van der Waals surface area contributed by atoms with Crippen LogP contribution in [0.15, 0.2) is 18.2 Å². The molecule has 1 N–H and O–H groups in total. The Hall–Kier alpha value is -1.88. The average Bonchev–Trinajstić information content (AvgIpc) is 2.35. The summed E-state index contributed by atoms with van der Waals surface area (Å²) in [4.78, 5) is 25.3. The molecule has 0 aliphatic heterocycles. The first-order valence-corrected chi connectivity index (χ1v) is 7.30. The van der Waals surface area contributed by atoms with E-state index in [0.717, 1.165) is 5.56 Å². The van der Waals surface area contributed by atoms with E-state index >= 15 is 0 Å². The van der Waals surface area contributed by atoms with Crippen molar-refractivity contribution in [2.45, 2.75) is 39.8 Å². The highest BCUT2D eigenvalue weighted by molar-refractivity contribution is 5.94. The maximum Gasteiger partial charge on any atom is 0.234 e. The fraction of sp³-hybridized carbons (Fsp3) is 0.529. The molecule has 22 heavy (non-hydrogen) atoms. The van der Waals surface area contributed by atoms with Crippen LogP contribution >= 0.6 is 0 Å². The smallest absolute Gasteiger partial charge is 0.234 e. The number of carbonyl (C=O) groups excluding carboxylic acids is 2. The van der Waals surface area contributed by atoms with Crippen LogP contribution in [0, 0.1) is 0 Å². The molecule has 0 bridgehead atoms. The summed E-state index contributed by atoms with van der Waals surface area (Å²) in [6.07, 6.45) is 0. The normalized spacial score (nSPS) is 11.4. The number of hydrogen-bond acceptors (Lipinski definition) is 4. The third-order valence-corrected chi connectivity index (χ3v) is 3.06. The van der Waals surface area contributed by atoms with Crippen LogP contribution in [0.25, 0.3) is 0 Å². The van der Waals surface area contributed by atoms with Gasteiger partial charge >= 0.3 is 0 Å². The monoisotopic (exact) mass is 306 g/mol. The van der Waals surface area contributed by atoms with Crippen molar-refractivity contribution in [2.75, 3.05) is 20.7 Å². The minimum Gasteiger partial charge on any atom is -0.496 e. The standard InChI is InChI=1S/C17H26N2O3/c1-12(20)13-7-8-15(22-6)14(9-13)10-19(5)11-16(21)18-17(2,3)4/h7-9H,10-11H2,1-6H3,(H,18,21). The van der Waals surface area contributed by atoms with Gasteiger partial charge in [-0.25, -0.2) is 0 Å². The molecule has 0 fully saturated rings. The van der Waals surface area contributed by atoms with Crippen LogP contribution < -0.4 is 10.1 Å². The summed E-state index contributed by atoms with van der Waals surface area (Å²) in [5, 5.41) is 2.93. The first kappa shape index (κ1) is 18.2. The van der Waals surface area contributed by atoms with E-state index < -0.39 is 0 Å². The molecule has 0 unspecified atom stereocenters. The lowest BCUT2D eigenvalue weighted by molar-refractivity contribution is -0.123. The van der Waals surface area contributed by atoms with Crippen LogP contribution in [0.3, 0.4) is 0 Å². The van der Waals surface area contributed by atoms with Crippen LogP contribution in [0.1, 0.15) is 43.6 Å². The van der Waals surface area contributed by atoms with Crippen molar-refractivity contribution < 1.29 is 14.3 Å². The molecule has 1 aromatic rings. The minimum atomic E-state index is -0.246. The van der Waals surface area contributed by atoms with Gasteiger partial charge in [0.2, 0.25) is 5.91 Å². The number of rotatable bonds is 6. The van der Waals surface area contributed by atoms with Gasteiger partial charge in [-0.3, -0.25) is 14.5 Å². The maximum absolute atomic E-state index is 12.0. The number of carbonyl (C=O) groups is 2. The van der Waals surface area contributed by atoms with Crippen molar-refractivity contribution in [3.63, 3.8) is 0 Å². The molecule has 122 valence electrons. The van der Waals surface area contributed by atoms with Crippen molar-refractivity contribution in [3.8, 4) is 5.75 Å². The minimum absolute atomic E-state index is 0.0111. The van der Waals surface area contributed by atoms with Crippen molar-refractivity contribution in [1.82, 2.24) is 10.2 Å². The van der Waals surface area contributed by atoms with E-state index in [1.807, 2.05) is 38.8 Å². The maximum atomic E-state index is 12.0. The zero-order chi connectivity index (χ0) is 16.9. The van der Waals surface area contributed by atoms with Crippen molar-refractivity contribution in [2.24, 2.45) is 0 Å². The van der Waals surface area contributed by atoms with Gasteiger partial charge in [-0.2, -0.15) is 0 Å². The summed E-state index contributed by atoms with van der Waals surface area (Å²) in [5.74, 6) is 0.696. The Kier molecular flexibility index (Phi) is 6.11. The molecule has 0 aliphatic carbocycles. The fourth-order valence-corrected chi connectivity index (χ4v) is 2.17. The van der Waals surface area contributed by atoms with Gasteiger partial charge in [-0.1, -0.05) is 0 Å². The molecular weight excluding hydrogens is 280 g/mol. The fourth-order valence-electron chi connectivity index (χ4n) is 2.17. The van der Waals surface area contributed by atoms with Crippen molar-refractivity contribution >= 4 is 11.7 Å². The summed E-state index contributed by atoms with van der Waals surface area (Å²) >= 11 is 0. The van der Waals surface area contributed by atoms with E-state index in [1.165, 1.54) is 6.92 Å². The van der Waals surface area contributed by atoms with Crippen LogP contribution in [0.2, 0.25) is 0 Å². The number of likely N-dealkylation sites (N-methyl/N-ethyl adjacent to an activating group) is 1. The predicted molar refractivity (Wildman–Crippen MR) is 87.2 cm³/mol. The third kappa shape index (κ3) is 5.85. The molecule has 5 heteroatoms. The zero-order valence-electron chi connectivity index (χ0n) is 14.3. The highest BCUT2D eigenvalue weighted by atomic mass is 16.5. The molecule has 0 saturated heterocycles. The molecule has 0 radical (unpaired) electrons. The summed E-state index contributed by atoms with van der Waals surface area (Å²) in [6, 6.07) is 5.35. The topological polar surface area (TPSA) is 58.6 Å². The summed E-state index contributed by atoms with van der Waals surface area (Å²) in [5.41, 5.74) is 1.29. The van der Waals surface area contributed by atoms with Crippen LogP contribution in [-0.4, -0.2) is 42.8 Å². The van der Waals surface area contributed by atoms with Gasteiger partial charge in [-0.15, -0.1) is 0 Å². The van der Waals surface area contributed by atoms with E-state index in [1.54, 1.807) is 19.2 Å². The Labute approximate surface area is 132 Å².